The highest BCUT2D eigenvalue weighted by molar-refractivity contribution is 7.84. The first-order valence-corrected chi connectivity index (χ1v) is 9.42. The number of hydrogen-bond acceptors (Lipinski definition) is 2. The topological polar surface area (TPSA) is 37.4 Å². The molecule has 0 aliphatic carbocycles. The van der Waals surface area contributed by atoms with Crippen LogP contribution in [0.5, 0.6) is 0 Å². The zero-order valence-electron chi connectivity index (χ0n) is 12.7. The Kier molecular flexibility index (Phi) is 5.13. The van der Waals surface area contributed by atoms with Gasteiger partial charge in [-0.15, -0.1) is 0 Å². The van der Waals surface area contributed by atoms with Gasteiger partial charge in [0, 0.05) is 34.7 Å². The summed E-state index contributed by atoms with van der Waals surface area (Å²) in [6, 6.07) is 15.4. The van der Waals surface area contributed by atoms with E-state index in [1.165, 1.54) is 11.1 Å². The maximum absolute atomic E-state index is 12.4. The molecule has 0 unspecified atom stereocenters. The number of nitrogens with zero attached hydrogens (tertiary/aromatic N) is 1. The quantitative estimate of drug-likeness (QED) is 0.851. The molecular formula is C18H18ClNO2S. The number of rotatable bonds is 4. The van der Waals surface area contributed by atoms with Crippen molar-refractivity contribution in [2.45, 2.75) is 18.7 Å². The van der Waals surface area contributed by atoms with Gasteiger partial charge in [0.25, 0.3) is 0 Å². The number of halogens is 1. The highest BCUT2D eigenvalue weighted by atomic mass is 35.5. The minimum atomic E-state index is -1.20. The van der Waals surface area contributed by atoms with Crippen molar-refractivity contribution in [1.82, 2.24) is 4.90 Å². The number of carbonyl (C=O) groups excluding carboxylic acids is 1. The molecule has 0 spiro atoms. The van der Waals surface area contributed by atoms with Crippen molar-refractivity contribution in [3.8, 4) is 0 Å². The van der Waals surface area contributed by atoms with E-state index in [0.717, 1.165) is 12.0 Å². The Balaban J connectivity index is 1.57. The smallest absolute Gasteiger partial charge is 0.235 e. The first-order valence-electron chi connectivity index (χ1n) is 7.56. The molecular weight excluding hydrogens is 330 g/mol. The zero-order valence-corrected chi connectivity index (χ0v) is 14.3. The molecule has 0 saturated carbocycles. The predicted molar refractivity (Wildman–Crippen MR) is 93.7 cm³/mol. The van der Waals surface area contributed by atoms with Gasteiger partial charge in [0.05, 0.1) is 0 Å². The lowest BCUT2D eigenvalue weighted by Crippen LogP contribution is -2.38. The number of benzene rings is 2. The second-order valence-corrected chi connectivity index (χ2v) is 7.58. The van der Waals surface area contributed by atoms with Crippen LogP contribution in [-0.4, -0.2) is 27.3 Å². The molecule has 0 fully saturated rings. The zero-order chi connectivity index (χ0) is 16.2. The van der Waals surface area contributed by atoms with E-state index in [-0.39, 0.29) is 11.7 Å². The summed E-state index contributed by atoms with van der Waals surface area (Å²) >= 11 is 5.84. The summed E-state index contributed by atoms with van der Waals surface area (Å²) in [5.41, 5.74) is 3.43. The van der Waals surface area contributed by atoms with Gasteiger partial charge < -0.3 is 4.90 Å². The average Bonchev–Trinajstić information content (AvgIpc) is 2.56. The van der Waals surface area contributed by atoms with Crippen molar-refractivity contribution >= 4 is 28.3 Å². The average molecular weight is 348 g/mol. The van der Waals surface area contributed by atoms with Crippen molar-refractivity contribution in [1.29, 1.82) is 0 Å². The van der Waals surface area contributed by atoms with Crippen molar-refractivity contribution in [2.24, 2.45) is 0 Å². The van der Waals surface area contributed by atoms with E-state index in [2.05, 4.69) is 12.1 Å². The fourth-order valence-electron chi connectivity index (χ4n) is 2.76. The Morgan fingerprint density at radius 2 is 1.78 bits per heavy atom. The lowest BCUT2D eigenvalue weighted by Gasteiger charge is -2.28. The highest BCUT2D eigenvalue weighted by Crippen LogP contribution is 2.19. The normalized spacial score (nSPS) is 15.1. The molecule has 0 bridgehead atoms. The third kappa shape index (κ3) is 4.21. The van der Waals surface area contributed by atoms with E-state index >= 15 is 0 Å². The van der Waals surface area contributed by atoms with Gasteiger partial charge in [-0.2, -0.15) is 0 Å². The summed E-state index contributed by atoms with van der Waals surface area (Å²) < 4.78 is 12.2. The van der Waals surface area contributed by atoms with E-state index in [0.29, 0.717) is 23.9 Å². The second kappa shape index (κ2) is 7.28. The Bertz CT molecular complexity index is 730. The van der Waals surface area contributed by atoms with Crippen LogP contribution in [0.15, 0.2) is 48.5 Å². The molecule has 23 heavy (non-hydrogen) atoms. The largest absolute Gasteiger partial charge is 0.337 e. The minimum Gasteiger partial charge on any atom is -0.337 e. The van der Waals surface area contributed by atoms with Crippen molar-refractivity contribution in [3.05, 3.63) is 70.2 Å². The van der Waals surface area contributed by atoms with Gasteiger partial charge in [0.15, 0.2) is 0 Å². The molecule has 2 aromatic rings. The Labute approximate surface area is 143 Å². The minimum absolute atomic E-state index is 0.0354. The van der Waals surface area contributed by atoms with Crippen LogP contribution >= 0.6 is 11.6 Å². The molecule has 0 saturated heterocycles. The highest BCUT2D eigenvalue weighted by Gasteiger charge is 2.21. The molecule has 1 heterocycles. The van der Waals surface area contributed by atoms with Crippen LogP contribution in [-0.2, 0) is 34.3 Å². The molecule has 1 aliphatic heterocycles. The second-order valence-electron chi connectivity index (χ2n) is 5.69. The van der Waals surface area contributed by atoms with Crippen LogP contribution < -0.4 is 0 Å². The Hall–Kier alpha value is -1.65. The standard InChI is InChI=1S/C18H18ClNO2S/c19-17-7-5-14(6-8-17)12-23(22)13-18(21)20-10-9-15-3-1-2-4-16(15)11-20/h1-8H,9-13H2/t23-/m0/s1. The fraction of sp³-hybridized carbons (Fsp3) is 0.278. The van der Waals surface area contributed by atoms with Crippen LogP contribution in [0.4, 0.5) is 0 Å². The van der Waals surface area contributed by atoms with E-state index in [4.69, 9.17) is 11.6 Å². The van der Waals surface area contributed by atoms with Crippen LogP contribution in [0.25, 0.3) is 0 Å². The molecule has 0 aromatic heterocycles. The SMILES string of the molecule is O=C(C[S@@](=O)Cc1ccc(Cl)cc1)N1CCc2ccccc2C1. The molecule has 3 nitrogen and oxygen atoms in total. The Morgan fingerprint density at radius 1 is 1.09 bits per heavy atom. The van der Waals surface area contributed by atoms with Crippen molar-refractivity contribution in [3.63, 3.8) is 0 Å². The summed E-state index contributed by atoms with van der Waals surface area (Å²) in [4.78, 5) is 14.2. The van der Waals surface area contributed by atoms with Crippen LogP contribution in [0, 0.1) is 0 Å². The molecule has 0 radical (unpaired) electrons. The Morgan fingerprint density at radius 3 is 2.52 bits per heavy atom. The summed E-state index contributed by atoms with van der Waals surface area (Å²) in [5, 5.41) is 0.655. The van der Waals surface area contributed by atoms with Gasteiger partial charge in [0.2, 0.25) is 5.91 Å². The van der Waals surface area contributed by atoms with E-state index in [1.807, 2.05) is 29.2 Å². The van der Waals surface area contributed by atoms with Crippen molar-refractivity contribution in [2.75, 3.05) is 12.3 Å². The molecule has 1 aliphatic rings. The van der Waals surface area contributed by atoms with Crippen LogP contribution in [0.3, 0.4) is 0 Å². The third-order valence-corrected chi connectivity index (χ3v) is 5.48. The summed E-state index contributed by atoms with van der Waals surface area (Å²) in [6.07, 6.45) is 0.867. The predicted octanol–water partition coefficient (Wildman–Crippen LogP) is 3.17. The first kappa shape index (κ1) is 16.2. The monoisotopic (exact) mass is 347 g/mol. The van der Waals surface area contributed by atoms with Gasteiger partial charge >= 0.3 is 0 Å². The van der Waals surface area contributed by atoms with E-state index in [9.17, 15) is 9.00 Å². The number of fused-ring (bicyclic) bond motifs is 1. The van der Waals surface area contributed by atoms with E-state index in [1.54, 1.807) is 12.1 Å². The lowest BCUT2D eigenvalue weighted by molar-refractivity contribution is -0.129. The summed E-state index contributed by atoms with van der Waals surface area (Å²) in [5.74, 6) is 0.421. The fourth-order valence-corrected chi connectivity index (χ4v) is 4.01. The molecule has 120 valence electrons. The number of amides is 1. The molecule has 0 N–H and O–H groups in total. The molecule has 2 aromatic carbocycles. The van der Waals surface area contributed by atoms with Gasteiger partial charge in [-0.3, -0.25) is 9.00 Å². The summed E-state index contributed by atoms with van der Waals surface area (Å²) in [7, 11) is -1.20. The molecule has 3 rings (SSSR count). The van der Waals surface area contributed by atoms with Crippen LogP contribution in [0.2, 0.25) is 5.02 Å². The first-order chi connectivity index (χ1) is 11.1. The summed E-state index contributed by atoms with van der Waals surface area (Å²) in [6.45, 7) is 1.32. The number of hydrogen-bond donors (Lipinski definition) is 0. The van der Waals surface area contributed by atoms with Gasteiger partial charge in [0.1, 0.15) is 5.75 Å². The maximum atomic E-state index is 12.4. The van der Waals surface area contributed by atoms with Crippen molar-refractivity contribution < 1.29 is 9.00 Å². The lowest BCUT2D eigenvalue weighted by atomic mass is 10.00. The molecule has 1 amide bonds. The molecule has 5 heteroatoms. The maximum Gasteiger partial charge on any atom is 0.235 e. The van der Waals surface area contributed by atoms with Gasteiger partial charge in [-0.1, -0.05) is 48.0 Å². The van der Waals surface area contributed by atoms with Crippen LogP contribution in [0.1, 0.15) is 16.7 Å². The van der Waals surface area contributed by atoms with E-state index < -0.39 is 10.8 Å². The van der Waals surface area contributed by atoms with Gasteiger partial charge in [-0.25, -0.2) is 0 Å². The number of carbonyl (C=O) groups is 1. The van der Waals surface area contributed by atoms with Gasteiger partial charge in [-0.05, 0) is 35.2 Å². The third-order valence-electron chi connectivity index (χ3n) is 4.01. The molecule has 1 atom stereocenters.